The van der Waals surface area contributed by atoms with Gasteiger partial charge in [0, 0.05) is 24.0 Å². The van der Waals surface area contributed by atoms with Gasteiger partial charge in [-0.15, -0.1) is 0 Å². The highest BCUT2D eigenvalue weighted by Crippen LogP contribution is 2.32. The number of benzene rings is 2. The van der Waals surface area contributed by atoms with E-state index in [1.807, 2.05) is 42.5 Å². The molecule has 1 heterocycles. The SMILES string of the molecule is O=C(CCNCc1ccc2c(c1)OCO2)Nc1ccccc1Br. The van der Waals surface area contributed by atoms with Crippen molar-refractivity contribution in [1.29, 1.82) is 0 Å². The Morgan fingerprint density at radius 3 is 2.83 bits per heavy atom. The summed E-state index contributed by atoms with van der Waals surface area (Å²) in [6.07, 6.45) is 0.409. The summed E-state index contributed by atoms with van der Waals surface area (Å²) in [6, 6.07) is 13.4. The van der Waals surface area contributed by atoms with Crippen LogP contribution in [0.15, 0.2) is 46.9 Å². The molecule has 0 fully saturated rings. The van der Waals surface area contributed by atoms with Gasteiger partial charge >= 0.3 is 0 Å². The number of amides is 1. The molecule has 2 aromatic rings. The number of nitrogens with one attached hydrogen (secondary N) is 2. The van der Waals surface area contributed by atoms with Crippen molar-refractivity contribution in [3.8, 4) is 11.5 Å². The number of fused-ring (bicyclic) bond motifs is 1. The van der Waals surface area contributed by atoms with E-state index in [1.54, 1.807) is 0 Å². The normalized spacial score (nSPS) is 12.2. The van der Waals surface area contributed by atoms with E-state index in [2.05, 4.69) is 26.6 Å². The molecular weight excluding hydrogens is 360 g/mol. The Hall–Kier alpha value is -2.05. The van der Waals surface area contributed by atoms with Gasteiger partial charge < -0.3 is 20.1 Å². The van der Waals surface area contributed by atoms with Crippen molar-refractivity contribution >= 4 is 27.5 Å². The van der Waals surface area contributed by atoms with Crippen LogP contribution in [0.5, 0.6) is 11.5 Å². The summed E-state index contributed by atoms with van der Waals surface area (Å²) in [5, 5.41) is 6.14. The highest BCUT2D eigenvalue weighted by molar-refractivity contribution is 9.10. The quantitative estimate of drug-likeness (QED) is 0.759. The van der Waals surface area contributed by atoms with Crippen LogP contribution in [0.2, 0.25) is 0 Å². The van der Waals surface area contributed by atoms with Crippen molar-refractivity contribution in [3.05, 3.63) is 52.5 Å². The average molecular weight is 377 g/mol. The molecule has 2 N–H and O–H groups in total. The molecule has 2 aromatic carbocycles. The Labute approximate surface area is 143 Å². The lowest BCUT2D eigenvalue weighted by atomic mass is 10.2. The van der Waals surface area contributed by atoms with Gasteiger partial charge in [0.25, 0.3) is 0 Å². The molecule has 0 bridgehead atoms. The summed E-state index contributed by atoms with van der Waals surface area (Å²) in [5.41, 5.74) is 1.88. The van der Waals surface area contributed by atoms with Crippen molar-refractivity contribution < 1.29 is 14.3 Å². The van der Waals surface area contributed by atoms with E-state index in [0.29, 0.717) is 19.5 Å². The van der Waals surface area contributed by atoms with Gasteiger partial charge in [-0.3, -0.25) is 4.79 Å². The maximum Gasteiger partial charge on any atom is 0.231 e. The highest BCUT2D eigenvalue weighted by atomic mass is 79.9. The molecule has 120 valence electrons. The number of hydrogen-bond donors (Lipinski definition) is 2. The molecule has 0 radical (unpaired) electrons. The van der Waals surface area contributed by atoms with Gasteiger partial charge in [-0.25, -0.2) is 0 Å². The number of ether oxygens (including phenoxy) is 2. The summed E-state index contributed by atoms with van der Waals surface area (Å²) in [7, 11) is 0. The number of anilines is 1. The summed E-state index contributed by atoms with van der Waals surface area (Å²) in [4.78, 5) is 11.9. The third-order valence-corrected chi connectivity index (χ3v) is 4.13. The zero-order chi connectivity index (χ0) is 16.1. The second kappa shape index (κ2) is 7.48. The molecule has 0 spiro atoms. The van der Waals surface area contributed by atoms with E-state index in [1.165, 1.54) is 0 Å². The minimum atomic E-state index is -0.0184. The minimum Gasteiger partial charge on any atom is -0.454 e. The number of carbonyl (C=O) groups excluding carboxylic acids is 1. The lowest BCUT2D eigenvalue weighted by molar-refractivity contribution is -0.116. The van der Waals surface area contributed by atoms with Crippen molar-refractivity contribution in [2.24, 2.45) is 0 Å². The third kappa shape index (κ3) is 4.24. The number of carbonyl (C=O) groups is 1. The second-order valence-corrected chi connectivity index (χ2v) is 6.00. The highest BCUT2D eigenvalue weighted by Gasteiger charge is 2.12. The smallest absolute Gasteiger partial charge is 0.231 e. The first-order valence-corrected chi connectivity index (χ1v) is 8.15. The minimum absolute atomic E-state index is 0.0184. The zero-order valence-electron chi connectivity index (χ0n) is 12.5. The molecule has 1 aliphatic rings. The molecule has 6 heteroatoms. The van der Waals surface area contributed by atoms with Gasteiger partial charge in [0.2, 0.25) is 12.7 Å². The van der Waals surface area contributed by atoms with Crippen molar-refractivity contribution in [2.45, 2.75) is 13.0 Å². The standard InChI is InChI=1S/C17H17BrN2O3/c18-13-3-1-2-4-14(13)20-17(21)7-8-19-10-12-5-6-15-16(9-12)23-11-22-15/h1-6,9,19H,7-8,10-11H2,(H,20,21). The van der Waals surface area contributed by atoms with Crippen molar-refractivity contribution in [1.82, 2.24) is 5.32 Å². The molecule has 0 aromatic heterocycles. The molecule has 1 aliphatic heterocycles. The first kappa shape index (κ1) is 15.8. The van der Waals surface area contributed by atoms with Crippen LogP contribution in [0.3, 0.4) is 0 Å². The zero-order valence-corrected chi connectivity index (χ0v) is 14.1. The van der Waals surface area contributed by atoms with Crippen LogP contribution < -0.4 is 20.1 Å². The van der Waals surface area contributed by atoms with Crippen LogP contribution in [-0.4, -0.2) is 19.2 Å². The van der Waals surface area contributed by atoms with Crippen LogP contribution in [0, 0.1) is 0 Å². The molecule has 0 saturated carbocycles. The monoisotopic (exact) mass is 376 g/mol. The Morgan fingerprint density at radius 2 is 1.96 bits per heavy atom. The fourth-order valence-electron chi connectivity index (χ4n) is 2.26. The molecule has 1 amide bonds. The first-order valence-electron chi connectivity index (χ1n) is 7.36. The van der Waals surface area contributed by atoms with Crippen LogP contribution in [0.4, 0.5) is 5.69 Å². The van der Waals surface area contributed by atoms with Crippen LogP contribution in [0.25, 0.3) is 0 Å². The Bertz CT molecular complexity index is 706. The van der Waals surface area contributed by atoms with Crippen LogP contribution in [-0.2, 0) is 11.3 Å². The fraction of sp³-hybridized carbons (Fsp3) is 0.235. The molecule has 0 unspecified atom stereocenters. The summed E-state index contributed by atoms with van der Waals surface area (Å²) in [5.74, 6) is 1.53. The summed E-state index contributed by atoms with van der Waals surface area (Å²) in [6.45, 7) is 1.56. The fourth-order valence-corrected chi connectivity index (χ4v) is 2.64. The van der Waals surface area contributed by atoms with E-state index < -0.39 is 0 Å². The number of rotatable bonds is 6. The van der Waals surface area contributed by atoms with Gasteiger partial charge in [0.05, 0.1) is 5.69 Å². The third-order valence-electron chi connectivity index (χ3n) is 3.44. The van der Waals surface area contributed by atoms with E-state index in [9.17, 15) is 4.79 Å². The summed E-state index contributed by atoms with van der Waals surface area (Å²) >= 11 is 3.41. The Morgan fingerprint density at radius 1 is 1.13 bits per heavy atom. The second-order valence-electron chi connectivity index (χ2n) is 5.14. The van der Waals surface area contributed by atoms with Gasteiger partial charge in [-0.05, 0) is 45.8 Å². The van der Waals surface area contributed by atoms with E-state index in [-0.39, 0.29) is 12.7 Å². The van der Waals surface area contributed by atoms with Crippen LogP contribution >= 0.6 is 15.9 Å². The Balaban J connectivity index is 1.41. The molecule has 0 saturated heterocycles. The first-order chi connectivity index (χ1) is 11.2. The van der Waals surface area contributed by atoms with Gasteiger partial charge in [-0.2, -0.15) is 0 Å². The topological polar surface area (TPSA) is 59.6 Å². The van der Waals surface area contributed by atoms with E-state index in [4.69, 9.17) is 9.47 Å². The largest absolute Gasteiger partial charge is 0.454 e. The van der Waals surface area contributed by atoms with Gasteiger partial charge in [0.1, 0.15) is 0 Å². The van der Waals surface area contributed by atoms with Crippen molar-refractivity contribution in [3.63, 3.8) is 0 Å². The maximum absolute atomic E-state index is 11.9. The molecule has 23 heavy (non-hydrogen) atoms. The number of halogens is 1. The molecular formula is C17H17BrN2O3. The number of para-hydroxylation sites is 1. The molecule has 0 aliphatic carbocycles. The van der Waals surface area contributed by atoms with E-state index >= 15 is 0 Å². The Kier molecular flexibility index (Phi) is 5.15. The summed E-state index contributed by atoms with van der Waals surface area (Å²) < 4.78 is 11.5. The predicted octanol–water partition coefficient (Wildman–Crippen LogP) is 3.30. The lowest BCUT2D eigenvalue weighted by Crippen LogP contribution is -2.21. The molecule has 3 rings (SSSR count). The van der Waals surface area contributed by atoms with Crippen LogP contribution in [0.1, 0.15) is 12.0 Å². The predicted molar refractivity (Wildman–Crippen MR) is 91.7 cm³/mol. The van der Waals surface area contributed by atoms with Crippen molar-refractivity contribution in [2.75, 3.05) is 18.7 Å². The van der Waals surface area contributed by atoms with E-state index in [0.717, 1.165) is 27.2 Å². The molecule has 5 nitrogen and oxygen atoms in total. The lowest BCUT2D eigenvalue weighted by Gasteiger charge is -2.08. The maximum atomic E-state index is 11.9. The molecule has 0 atom stereocenters. The number of hydrogen-bond acceptors (Lipinski definition) is 4. The van der Waals surface area contributed by atoms with Gasteiger partial charge in [0.15, 0.2) is 11.5 Å². The average Bonchev–Trinajstić information content (AvgIpc) is 3.01. The van der Waals surface area contributed by atoms with Gasteiger partial charge in [-0.1, -0.05) is 18.2 Å².